The summed E-state index contributed by atoms with van der Waals surface area (Å²) in [7, 11) is 0. The third-order valence-corrected chi connectivity index (χ3v) is 4.80. The van der Waals surface area contributed by atoms with Crippen LogP contribution in [0.15, 0.2) is 30.3 Å². The van der Waals surface area contributed by atoms with Gasteiger partial charge in [0.15, 0.2) is 0 Å². The Morgan fingerprint density at radius 1 is 1.18 bits per heavy atom. The molecule has 0 bridgehead atoms. The van der Waals surface area contributed by atoms with Crippen LogP contribution in [0, 0.1) is 5.82 Å². The van der Waals surface area contributed by atoms with Crippen molar-refractivity contribution in [3.05, 3.63) is 41.7 Å². The molecule has 0 radical (unpaired) electrons. The van der Waals surface area contributed by atoms with Crippen molar-refractivity contribution in [2.45, 2.75) is 44.9 Å². The second-order valence-electron chi connectivity index (χ2n) is 6.31. The molecule has 2 aromatic rings. The number of carbonyl (C=O) groups excluding carboxylic acids is 1. The van der Waals surface area contributed by atoms with E-state index < -0.39 is 0 Å². The molecule has 0 spiro atoms. The Balaban J connectivity index is 2.17. The predicted octanol–water partition coefficient (Wildman–Crippen LogP) is 4.78. The largest absolute Gasteiger partial charge is 0.493 e. The first-order valence-corrected chi connectivity index (χ1v) is 7.91. The fourth-order valence-electron chi connectivity index (χ4n) is 3.37. The Morgan fingerprint density at radius 3 is 2.45 bits per heavy atom. The van der Waals surface area contributed by atoms with Crippen molar-refractivity contribution < 1.29 is 13.9 Å². The standard InChI is InChI=1S/C19H21FO2/c1-3-22-17-12-16(19(2)10-8-13(21)9-11-19)18(20)15-7-5-4-6-14(15)17/h4-7,12H,3,8-11H2,1-2H3. The van der Waals surface area contributed by atoms with Crippen molar-refractivity contribution in [2.24, 2.45) is 0 Å². The molecule has 0 heterocycles. The Kier molecular flexibility index (Phi) is 3.90. The van der Waals surface area contributed by atoms with Crippen molar-refractivity contribution >= 4 is 16.6 Å². The van der Waals surface area contributed by atoms with Crippen LogP contribution in [0.3, 0.4) is 0 Å². The van der Waals surface area contributed by atoms with Crippen LogP contribution in [0.1, 0.15) is 45.1 Å². The average Bonchev–Trinajstić information content (AvgIpc) is 2.53. The summed E-state index contributed by atoms with van der Waals surface area (Å²) in [5.41, 5.74) is 0.385. The Hall–Kier alpha value is -1.90. The summed E-state index contributed by atoms with van der Waals surface area (Å²) in [5.74, 6) is 0.840. The van der Waals surface area contributed by atoms with Gasteiger partial charge in [-0.05, 0) is 36.8 Å². The van der Waals surface area contributed by atoms with Gasteiger partial charge in [-0.1, -0.05) is 31.2 Å². The zero-order chi connectivity index (χ0) is 15.7. The number of ketones is 1. The summed E-state index contributed by atoms with van der Waals surface area (Å²) in [5, 5.41) is 1.41. The summed E-state index contributed by atoms with van der Waals surface area (Å²) >= 11 is 0. The average molecular weight is 300 g/mol. The van der Waals surface area contributed by atoms with Crippen LogP contribution < -0.4 is 4.74 Å². The lowest BCUT2D eigenvalue weighted by Crippen LogP contribution is -2.29. The van der Waals surface area contributed by atoms with E-state index in [4.69, 9.17) is 4.74 Å². The van der Waals surface area contributed by atoms with Gasteiger partial charge in [-0.15, -0.1) is 0 Å². The van der Waals surface area contributed by atoms with Gasteiger partial charge in [0.05, 0.1) is 6.61 Å². The lowest BCUT2D eigenvalue weighted by atomic mass is 9.70. The SMILES string of the molecule is CCOc1cc(C2(C)CCC(=O)CC2)c(F)c2ccccc12. The van der Waals surface area contributed by atoms with Gasteiger partial charge in [-0.25, -0.2) is 4.39 Å². The lowest BCUT2D eigenvalue weighted by Gasteiger charge is -2.34. The number of fused-ring (bicyclic) bond motifs is 1. The van der Waals surface area contributed by atoms with Crippen LogP contribution in [0.25, 0.3) is 10.8 Å². The molecule has 0 aromatic heterocycles. The normalized spacial score (nSPS) is 17.7. The molecule has 3 heteroatoms. The van der Waals surface area contributed by atoms with Crippen LogP contribution in [0.4, 0.5) is 4.39 Å². The number of benzene rings is 2. The molecule has 1 aliphatic carbocycles. The first kappa shape index (κ1) is 15.0. The summed E-state index contributed by atoms with van der Waals surface area (Å²) in [4.78, 5) is 11.5. The van der Waals surface area contributed by atoms with Gasteiger partial charge in [0.2, 0.25) is 0 Å². The first-order valence-electron chi connectivity index (χ1n) is 7.91. The summed E-state index contributed by atoms with van der Waals surface area (Å²) < 4.78 is 20.8. The first-order chi connectivity index (χ1) is 10.5. The van der Waals surface area contributed by atoms with Gasteiger partial charge in [-0.3, -0.25) is 4.79 Å². The number of rotatable bonds is 3. The third kappa shape index (κ3) is 2.49. The molecule has 0 saturated heterocycles. The molecule has 0 N–H and O–H groups in total. The molecule has 0 amide bonds. The molecule has 0 aliphatic heterocycles. The van der Waals surface area contributed by atoms with Gasteiger partial charge >= 0.3 is 0 Å². The molecular formula is C19H21FO2. The Morgan fingerprint density at radius 2 is 1.82 bits per heavy atom. The zero-order valence-corrected chi connectivity index (χ0v) is 13.1. The van der Waals surface area contributed by atoms with Gasteiger partial charge in [-0.2, -0.15) is 0 Å². The van der Waals surface area contributed by atoms with Crippen LogP contribution >= 0.6 is 0 Å². The lowest BCUT2D eigenvalue weighted by molar-refractivity contribution is -0.121. The minimum atomic E-state index is -0.298. The van der Waals surface area contributed by atoms with Gasteiger partial charge in [0.1, 0.15) is 17.3 Å². The highest BCUT2D eigenvalue weighted by Gasteiger charge is 2.35. The molecule has 2 nitrogen and oxygen atoms in total. The Bertz CT molecular complexity index is 711. The number of carbonyl (C=O) groups is 1. The minimum Gasteiger partial charge on any atom is -0.493 e. The van der Waals surface area contributed by atoms with Crippen molar-refractivity contribution in [3.8, 4) is 5.75 Å². The highest BCUT2D eigenvalue weighted by molar-refractivity contribution is 5.90. The third-order valence-electron chi connectivity index (χ3n) is 4.80. The predicted molar refractivity (Wildman–Crippen MR) is 85.9 cm³/mol. The van der Waals surface area contributed by atoms with E-state index in [0.717, 1.165) is 11.1 Å². The van der Waals surface area contributed by atoms with Crippen molar-refractivity contribution in [1.82, 2.24) is 0 Å². The van der Waals surface area contributed by atoms with Crippen LogP contribution in [0.5, 0.6) is 5.75 Å². The van der Waals surface area contributed by atoms with Gasteiger partial charge < -0.3 is 4.74 Å². The second kappa shape index (κ2) is 5.71. The summed E-state index contributed by atoms with van der Waals surface area (Å²) in [6.07, 6.45) is 2.47. The molecule has 1 fully saturated rings. The van der Waals surface area contributed by atoms with E-state index in [-0.39, 0.29) is 17.0 Å². The number of Topliss-reactive ketones (excluding diaryl/α,β-unsaturated/α-hetero) is 1. The molecule has 1 saturated carbocycles. The van der Waals surface area contributed by atoms with E-state index in [1.54, 1.807) is 6.07 Å². The summed E-state index contributed by atoms with van der Waals surface area (Å²) in [6.45, 7) is 4.53. The molecule has 3 rings (SSSR count). The van der Waals surface area contributed by atoms with E-state index in [1.165, 1.54) is 0 Å². The number of halogens is 1. The highest BCUT2D eigenvalue weighted by atomic mass is 19.1. The van der Waals surface area contributed by atoms with Crippen molar-refractivity contribution in [1.29, 1.82) is 0 Å². The highest BCUT2D eigenvalue weighted by Crippen LogP contribution is 2.43. The minimum absolute atomic E-state index is 0.170. The summed E-state index contributed by atoms with van der Waals surface area (Å²) in [6, 6.07) is 9.27. The van der Waals surface area contributed by atoms with E-state index in [9.17, 15) is 4.79 Å². The molecule has 0 atom stereocenters. The maximum atomic E-state index is 15.1. The molecular weight excluding hydrogens is 279 g/mol. The molecule has 2 aromatic carbocycles. The second-order valence-corrected chi connectivity index (χ2v) is 6.31. The monoisotopic (exact) mass is 300 g/mol. The van der Waals surface area contributed by atoms with E-state index in [0.29, 0.717) is 43.2 Å². The van der Waals surface area contributed by atoms with Crippen molar-refractivity contribution in [3.63, 3.8) is 0 Å². The van der Waals surface area contributed by atoms with Crippen LogP contribution in [-0.4, -0.2) is 12.4 Å². The molecule has 116 valence electrons. The quantitative estimate of drug-likeness (QED) is 0.815. The van der Waals surface area contributed by atoms with Gasteiger partial charge in [0, 0.05) is 23.6 Å². The maximum Gasteiger partial charge on any atom is 0.135 e. The van der Waals surface area contributed by atoms with E-state index in [1.807, 2.05) is 31.2 Å². The van der Waals surface area contributed by atoms with Crippen molar-refractivity contribution in [2.75, 3.05) is 6.61 Å². The number of hydrogen-bond donors (Lipinski definition) is 0. The fourth-order valence-corrected chi connectivity index (χ4v) is 3.37. The topological polar surface area (TPSA) is 26.3 Å². The smallest absolute Gasteiger partial charge is 0.135 e. The van der Waals surface area contributed by atoms with Crippen LogP contribution in [-0.2, 0) is 10.2 Å². The fraction of sp³-hybridized carbons (Fsp3) is 0.421. The van der Waals surface area contributed by atoms with Gasteiger partial charge in [0.25, 0.3) is 0 Å². The van der Waals surface area contributed by atoms with E-state index >= 15 is 4.39 Å². The van der Waals surface area contributed by atoms with Crippen LogP contribution in [0.2, 0.25) is 0 Å². The molecule has 0 unspecified atom stereocenters. The maximum absolute atomic E-state index is 15.1. The number of hydrogen-bond acceptors (Lipinski definition) is 2. The Labute approximate surface area is 130 Å². The molecule has 1 aliphatic rings. The molecule has 22 heavy (non-hydrogen) atoms. The number of ether oxygens (including phenoxy) is 1. The van der Waals surface area contributed by atoms with E-state index in [2.05, 4.69) is 6.92 Å². The zero-order valence-electron chi connectivity index (χ0n) is 13.1.